The van der Waals surface area contributed by atoms with Gasteiger partial charge in [0.1, 0.15) is 17.5 Å². The molecule has 1 aromatic heterocycles. The van der Waals surface area contributed by atoms with E-state index in [1.807, 2.05) is 12.1 Å². The summed E-state index contributed by atoms with van der Waals surface area (Å²) in [7, 11) is 0. The summed E-state index contributed by atoms with van der Waals surface area (Å²) in [5.41, 5.74) is 7.18. The van der Waals surface area contributed by atoms with E-state index in [-0.39, 0.29) is 0 Å². The van der Waals surface area contributed by atoms with Crippen molar-refractivity contribution in [2.45, 2.75) is 12.8 Å². The van der Waals surface area contributed by atoms with Gasteiger partial charge in [0.25, 0.3) is 0 Å². The van der Waals surface area contributed by atoms with Crippen LogP contribution < -0.4 is 11.1 Å². The number of benzene rings is 1. The van der Waals surface area contributed by atoms with Gasteiger partial charge < -0.3 is 11.1 Å². The van der Waals surface area contributed by atoms with Crippen LogP contribution in [0, 0.1) is 17.2 Å². The van der Waals surface area contributed by atoms with Gasteiger partial charge in [-0.1, -0.05) is 11.6 Å². The molecular formula is C14H14ClN5. The first-order valence-electron chi connectivity index (χ1n) is 6.47. The number of hydrogen-bond acceptors (Lipinski definition) is 4. The number of anilines is 2. The summed E-state index contributed by atoms with van der Waals surface area (Å²) in [6, 6.07) is 9.28. The standard InChI is InChI=1S/C14H14ClN5/c15-10-3-5-11(6-4-10)20-13(17)12(7-16)14(19-20)18-8-9-1-2-9/h3-6,9H,1-2,8,17H2,(H,18,19). The van der Waals surface area contributed by atoms with Gasteiger partial charge in [0.2, 0.25) is 0 Å². The molecule has 102 valence electrons. The van der Waals surface area contributed by atoms with Crippen LogP contribution in [0.25, 0.3) is 5.69 Å². The van der Waals surface area contributed by atoms with Gasteiger partial charge in [0.05, 0.1) is 5.69 Å². The van der Waals surface area contributed by atoms with Gasteiger partial charge in [-0.25, -0.2) is 4.68 Å². The average Bonchev–Trinajstić information content (AvgIpc) is 3.22. The van der Waals surface area contributed by atoms with Crippen LogP contribution in [-0.2, 0) is 0 Å². The van der Waals surface area contributed by atoms with Crippen molar-refractivity contribution in [2.75, 3.05) is 17.6 Å². The number of nitrogens with one attached hydrogen (secondary N) is 1. The molecule has 5 nitrogen and oxygen atoms in total. The van der Waals surface area contributed by atoms with E-state index in [4.69, 9.17) is 17.3 Å². The van der Waals surface area contributed by atoms with E-state index >= 15 is 0 Å². The number of nitrogen functional groups attached to an aromatic ring is 1. The SMILES string of the molecule is N#Cc1c(NCC2CC2)nn(-c2ccc(Cl)cc2)c1N. The number of aromatic nitrogens is 2. The summed E-state index contributed by atoms with van der Waals surface area (Å²) >= 11 is 5.87. The maximum Gasteiger partial charge on any atom is 0.168 e. The first-order valence-corrected chi connectivity index (χ1v) is 6.85. The first-order chi connectivity index (χ1) is 9.69. The molecular weight excluding hydrogens is 274 g/mol. The Morgan fingerprint density at radius 1 is 1.40 bits per heavy atom. The highest BCUT2D eigenvalue weighted by Crippen LogP contribution is 2.30. The Morgan fingerprint density at radius 3 is 2.70 bits per heavy atom. The second-order valence-electron chi connectivity index (χ2n) is 4.93. The van der Waals surface area contributed by atoms with Gasteiger partial charge in [-0.3, -0.25) is 0 Å². The minimum absolute atomic E-state index is 0.341. The van der Waals surface area contributed by atoms with Crippen LogP contribution in [-0.4, -0.2) is 16.3 Å². The molecule has 0 spiro atoms. The van der Waals surface area contributed by atoms with Crippen LogP contribution in [0.2, 0.25) is 5.02 Å². The van der Waals surface area contributed by atoms with Crippen LogP contribution in [0.15, 0.2) is 24.3 Å². The smallest absolute Gasteiger partial charge is 0.168 e. The summed E-state index contributed by atoms with van der Waals surface area (Å²) in [5.74, 6) is 1.59. The van der Waals surface area contributed by atoms with Crippen LogP contribution in [0.5, 0.6) is 0 Å². The minimum Gasteiger partial charge on any atom is -0.382 e. The summed E-state index contributed by atoms with van der Waals surface area (Å²) in [6.45, 7) is 0.839. The molecule has 1 aliphatic rings. The van der Waals surface area contributed by atoms with Gasteiger partial charge in [-0.05, 0) is 43.0 Å². The molecule has 3 N–H and O–H groups in total. The van der Waals surface area contributed by atoms with Crippen molar-refractivity contribution in [1.82, 2.24) is 9.78 Å². The normalized spacial score (nSPS) is 14.0. The van der Waals surface area contributed by atoms with Crippen molar-refractivity contribution in [2.24, 2.45) is 5.92 Å². The third kappa shape index (κ3) is 2.43. The van der Waals surface area contributed by atoms with Gasteiger partial charge in [0.15, 0.2) is 5.82 Å². The fourth-order valence-corrected chi connectivity index (χ4v) is 2.13. The number of nitrogens with zero attached hydrogens (tertiary/aromatic N) is 3. The Morgan fingerprint density at radius 2 is 2.10 bits per heavy atom. The van der Waals surface area contributed by atoms with Crippen LogP contribution in [0.3, 0.4) is 0 Å². The van der Waals surface area contributed by atoms with E-state index in [2.05, 4.69) is 16.5 Å². The van der Waals surface area contributed by atoms with Crippen molar-refractivity contribution in [3.63, 3.8) is 0 Å². The van der Waals surface area contributed by atoms with Crippen LogP contribution >= 0.6 is 11.6 Å². The van der Waals surface area contributed by atoms with Gasteiger partial charge in [0, 0.05) is 11.6 Å². The van der Waals surface area contributed by atoms with Gasteiger partial charge in [-0.15, -0.1) is 5.10 Å². The topological polar surface area (TPSA) is 79.7 Å². The molecule has 0 bridgehead atoms. The highest BCUT2D eigenvalue weighted by atomic mass is 35.5. The highest BCUT2D eigenvalue weighted by molar-refractivity contribution is 6.30. The van der Waals surface area contributed by atoms with E-state index < -0.39 is 0 Å². The maximum atomic E-state index is 9.24. The first kappa shape index (κ1) is 12.8. The zero-order valence-corrected chi connectivity index (χ0v) is 11.6. The number of nitrogens with two attached hydrogens (primary N) is 1. The molecule has 1 fully saturated rings. The summed E-state index contributed by atoms with van der Waals surface area (Å²) in [4.78, 5) is 0. The summed E-state index contributed by atoms with van der Waals surface area (Å²) in [5, 5.41) is 17.5. The predicted molar refractivity (Wildman–Crippen MR) is 78.9 cm³/mol. The van der Waals surface area contributed by atoms with Crippen molar-refractivity contribution >= 4 is 23.2 Å². The molecule has 1 aliphatic carbocycles. The molecule has 1 saturated carbocycles. The molecule has 1 heterocycles. The molecule has 0 unspecified atom stereocenters. The Kier molecular flexibility index (Phi) is 3.25. The number of hydrogen-bond donors (Lipinski definition) is 2. The molecule has 20 heavy (non-hydrogen) atoms. The third-order valence-corrected chi connectivity index (χ3v) is 3.61. The lowest BCUT2D eigenvalue weighted by Gasteiger charge is -2.03. The molecule has 1 aromatic carbocycles. The van der Waals surface area contributed by atoms with Crippen molar-refractivity contribution in [1.29, 1.82) is 5.26 Å². The minimum atomic E-state index is 0.341. The number of halogens is 1. The second-order valence-corrected chi connectivity index (χ2v) is 5.37. The third-order valence-electron chi connectivity index (χ3n) is 3.36. The van der Waals surface area contributed by atoms with E-state index in [9.17, 15) is 5.26 Å². The van der Waals surface area contributed by atoms with E-state index in [1.165, 1.54) is 12.8 Å². The summed E-state index contributed by atoms with van der Waals surface area (Å²) in [6.07, 6.45) is 2.48. The maximum absolute atomic E-state index is 9.24. The molecule has 0 saturated heterocycles. The number of rotatable bonds is 4. The molecule has 0 radical (unpaired) electrons. The molecule has 0 amide bonds. The van der Waals surface area contributed by atoms with E-state index in [1.54, 1.807) is 16.8 Å². The predicted octanol–water partition coefficient (Wildman–Crippen LogP) is 2.80. The average molecular weight is 288 g/mol. The zero-order valence-electron chi connectivity index (χ0n) is 10.8. The Labute approximate surface area is 122 Å². The largest absolute Gasteiger partial charge is 0.382 e. The number of nitriles is 1. The Balaban J connectivity index is 1.94. The quantitative estimate of drug-likeness (QED) is 0.906. The molecule has 3 rings (SSSR count). The van der Waals surface area contributed by atoms with Gasteiger partial charge >= 0.3 is 0 Å². The highest BCUT2D eigenvalue weighted by Gasteiger charge is 2.23. The monoisotopic (exact) mass is 287 g/mol. The molecule has 0 atom stereocenters. The summed E-state index contributed by atoms with van der Waals surface area (Å²) < 4.78 is 1.56. The Bertz CT molecular complexity index is 664. The lowest BCUT2D eigenvalue weighted by Crippen LogP contribution is -2.05. The second kappa shape index (κ2) is 5.06. The lowest BCUT2D eigenvalue weighted by molar-refractivity contribution is 0.855. The molecule has 2 aromatic rings. The molecule has 6 heteroatoms. The van der Waals surface area contributed by atoms with E-state index in [0.717, 1.165) is 12.2 Å². The molecule has 0 aliphatic heterocycles. The fourth-order valence-electron chi connectivity index (χ4n) is 2.01. The van der Waals surface area contributed by atoms with E-state index in [0.29, 0.717) is 28.1 Å². The fraction of sp³-hybridized carbons (Fsp3) is 0.286. The van der Waals surface area contributed by atoms with Crippen molar-refractivity contribution in [3.05, 3.63) is 34.9 Å². The van der Waals surface area contributed by atoms with Crippen molar-refractivity contribution in [3.8, 4) is 11.8 Å². The lowest BCUT2D eigenvalue weighted by atomic mass is 10.3. The Hall–Kier alpha value is -2.19. The van der Waals surface area contributed by atoms with Crippen molar-refractivity contribution < 1.29 is 0 Å². The van der Waals surface area contributed by atoms with Gasteiger partial charge in [-0.2, -0.15) is 5.26 Å². The van der Waals surface area contributed by atoms with Crippen LogP contribution in [0.1, 0.15) is 18.4 Å². The van der Waals surface area contributed by atoms with Crippen LogP contribution in [0.4, 0.5) is 11.6 Å². The zero-order chi connectivity index (χ0) is 14.1.